The number of nitrogens with zero attached hydrogens (tertiary/aromatic N) is 5. The van der Waals surface area contributed by atoms with Crippen molar-refractivity contribution in [2.45, 2.75) is 30.9 Å². The number of hydrogen-bond donors (Lipinski definition) is 1. The number of ether oxygens (including phenoxy) is 1. The molecule has 0 saturated heterocycles. The Morgan fingerprint density at radius 1 is 1.28 bits per heavy atom. The standard InChI is InChI=1S/C18H14F3N5O2S/c1-26-15-13(24-25-26)4-10(8-22-15)12-3-2-9-5-14(29-16(9)23-12)17(27)6-11(7-17)28-18(19,20)21/h2-5,8,11,27H,6-7H2,1H3. The Bertz CT molecular complexity index is 1230. The third-order valence-electron chi connectivity index (χ3n) is 5.01. The molecule has 7 nitrogen and oxygen atoms in total. The van der Waals surface area contributed by atoms with E-state index in [0.717, 1.165) is 10.9 Å². The van der Waals surface area contributed by atoms with Crippen LogP contribution < -0.4 is 0 Å². The van der Waals surface area contributed by atoms with E-state index in [0.29, 0.717) is 26.6 Å². The summed E-state index contributed by atoms with van der Waals surface area (Å²) in [6, 6.07) is 7.31. The predicted octanol–water partition coefficient (Wildman–Crippen LogP) is 3.53. The molecule has 1 saturated carbocycles. The molecule has 4 aromatic rings. The molecule has 1 fully saturated rings. The SMILES string of the molecule is Cn1nnc2cc(-c3ccc4cc(C5(O)CC(OC(F)(F)F)C5)sc4n3)cnc21. The van der Waals surface area contributed by atoms with Crippen LogP contribution in [0.4, 0.5) is 13.2 Å². The average Bonchev–Trinajstić information content (AvgIpc) is 3.22. The van der Waals surface area contributed by atoms with E-state index in [1.54, 1.807) is 24.0 Å². The third-order valence-corrected chi connectivity index (χ3v) is 6.25. The molecule has 5 rings (SSSR count). The van der Waals surface area contributed by atoms with Gasteiger partial charge in [0, 0.05) is 41.9 Å². The van der Waals surface area contributed by atoms with Crippen molar-refractivity contribution in [3.8, 4) is 11.3 Å². The van der Waals surface area contributed by atoms with Crippen LogP contribution in [-0.4, -0.2) is 42.5 Å². The van der Waals surface area contributed by atoms with Crippen LogP contribution in [0, 0.1) is 0 Å². The van der Waals surface area contributed by atoms with Gasteiger partial charge in [0.2, 0.25) is 0 Å². The molecular formula is C18H14F3N5O2S. The Morgan fingerprint density at radius 3 is 2.83 bits per heavy atom. The molecule has 4 aromatic heterocycles. The van der Waals surface area contributed by atoms with E-state index in [1.807, 2.05) is 18.2 Å². The van der Waals surface area contributed by atoms with E-state index in [9.17, 15) is 18.3 Å². The molecule has 29 heavy (non-hydrogen) atoms. The number of aromatic nitrogens is 5. The fraction of sp³-hybridized carbons (Fsp3) is 0.333. The molecule has 0 aromatic carbocycles. The molecular weight excluding hydrogens is 407 g/mol. The number of rotatable bonds is 3. The molecule has 0 spiro atoms. The van der Waals surface area contributed by atoms with Crippen molar-refractivity contribution in [2.24, 2.45) is 7.05 Å². The van der Waals surface area contributed by atoms with E-state index in [2.05, 4.69) is 25.0 Å². The lowest BCUT2D eigenvalue weighted by molar-refractivity contribution is -0.364. The van der Waals surface area contributed by atoms with E-state index in [-0.39, 0.29) is 12.8 Å². The van der Waals surface area contributed by atoms with Crippen LogP contribution in [0.15, 0.2) is 30.5 Å². The molecule has 4 heterocycles. The number of pyridine rings is 2. The van der Waals surface area contributed by atoms with Crippen molar-refractivity contribution < 1.29 is 23.0 Å². The Labute approximate surface area is 165 Å². The molecule has 150 valence electrons. The van der Waals surface area contributed by atoms with Gasteiger partial charge in [0.25, 0.3) is 0 Å². The number of fused-ring (bicyclic) bond motifs is 2. The fourth-order valence-electron chi connectivity index (χ4n) is 3.54. The Kier molecular flexibility index (Phi) is 3.92. The Hall–Kier alpha value is -2.63. The van der Waals surface area contributed by atoms with Gasteiger partial charge in [-0.15, -0.1) is 29.6 Å². The molecule has 0 radical (unpaired) electrons. The lowest BCUT2D eigenvalue weighted by atomic mass is 9.76. The van der Waals surface area contributed by atoms with E-state index >= 15 is 0 Å². The average molecular weight is 421 g/mol. The fourth-order valence-corrected chi connectivity index (χ4v) is 4.68. The zero-order valence-electron chi connectivity index (χ0n) is 15.0. The minimum absolute atomic E-state index is 0.0978. The highest BCUT2D eigenvalue weighted by Gasteiger charge is 2.50. The summed E-state index contributed by atoms with van der Waals surface area (Å²) < 4.78 is 42.5. The maximum Gasteiger partial charge on any atom is 0.522 e. The van der Waals surface area contributed by atoms with Crippen molar-refractivity contribution >= 4 is 32.7 Å². The molecule has 1 N–H and O–H groups in total. The van der Waals surface area contributed by atoms with Gasteiger partial charge in [0.15, 0.2) is 5.65 Å². The summed E-state index contributed by atoms with van der Waals surface area (Å²) in [5, 5.41) is 19.5. The summed E-state index contributed by atoms with van der Waals surface area (Å²) in [4.78, 5) is 10.3. The smallest absolute Gasteiger partial charge is 0.384 e. The molecule has 11 heteroatoms. The van der Waals surface area contributed by atoms with Gasteiger partial charge in [-0.1, -0.05) is 5.21 Å². The first-order valence-corrected chi connectivity index (χ1v) is 9.56. The number of halogens is 3. The van der Waals surface area contributed by atoms with Gasteiger partial charge in [0.05, 0.1) is 11.8 Å². The zero-order chi connectivity index (χ0) is 20.4. The van der Waals surface area contributed by atoms with Gasteiger partial charge in [-0.05, 0) is 24.3 Å². The second kappa shape index (κ2) is 6.18. The third kappa shape index (κ3) is 3.24. The molecule has 0 amide bonds. The maximum absolute atomic E-state index is 12.3. The van der Waals surface area contributed by atoms with Crippen LogP contribution in [0.1, 0.15) is 17.7 Å². The van der Waals surface area contributed by atoms with Gasteiger partial charge >= 0.3 is 6.36 Å². The summed E-state index contributed by atoms with van der Waals surface area (Å²) in [7, 11) is 1.76. The van der Waals surface area contributed by atoms with Gasteiger partial charge < -0.3 is 5.11 Å². The second-order valence-corrected chi connectivity index (χ2v) is 8.14. The van der Waals surface area contributed by atoms with Crippen molar-refractivity contribution in [2.75, 3.05) is 0 Å². The lowest BCUT2D eigenvalue weighted by Crippen LogP contribution is -2.47. The summed E-state index contributed by atoms with van der Waals surface area (Å²) in [5.41, 5.74) is 1.46. The van der Waals surface area contributed by atoms with E-state index in [1.165, 1.54) is 11.3 Å². The molecule has 1 aliphatic rings. The molecule has 0 bridgehead atoms. The molecule has 0 atom stereocenters. The summed E-state index contributed by atoms with van der Waals surface area (Å²) in [6.07, 6.45) is -4.23. The quantitative estimate of drug-likeness (QED) is 0.545. The Balaban J connectivity index is 1.43. The highest BCUT2D eigenvalue weighted by Crippen LogP contribution is 2.48. The number of alkyl halides is 3. The predicted molar refractivity (Wildman–Crippen MR) is 99.0 cm³/mol. The van der Waals surface area contributed by atoms with Crippen LogP contribution >= 0.6 is 11.3 Å². The number of aryl methyl sites for hydroxylation is 1. The van der Waals surface area contributed by atoms with E-state index < -0.39 is 18.1 Å². The monoisotopic (exact) mass is 421 g/mol. The van der Waals surface area contributed by atoms with E-state index in [4.69, 9.17) is 0 Å². The topological polar surface area (TPSA) is 86.0 Å². The summed E-state index contributed by atoms with van der Waals surface area (Å²) in [5.74, 6) is 0. The normalized spacial score (nSPS) is 22.3. The zero-order valence-corrected chi connectivity index (χ0v) is 15.8. The van der Waals surface area contributed by atoms with Gasteiger partial charge in [-0.3, -0.25) is 4.74 Å². The number of thiophene rings is 1. The van der Waals surface area contributed by atoms with Crippen LogP contribution in [0.2, 0.25) is 0 Å². The van der Waals surface area contributed by atoms with Gasteiger partial charge in [0.1, 0.15) is 15.9 Å². The minimum atomic E-state index is -4.69. The van der Waals surface area contributed by atoms with Crippen LogP contribution in [0.5, 0.6) is 0 Å². The molecule has 0 aliphatic heterocycles. The van der Waals surface area contributed by atoms with Crippen LogP contribution in [0.3, 0.4) is 0 Å². The highest BCUT2D eigenvalue weighted by molar-refractivity contribution is 7.18. The highest BCUT2D eigenvalue weighted by atomic mass is 32.1. The number of hydrogen-bond acceptors (Lipinski definition) is 7. The lowest BCUT2D eigenvalue weighted by Gasteiger charge is -2.42. The largest absolute Gasteiger partial charge is 0.522 e. The van der Waals surface area contributed by atoms with Crippen molar-refractivity contribution in [3.05, 3.63) is 35.3 Å². The van der Waals surface area contributed by atoms with Crippen molar-refractivity contribution in [3.63, 3.8) is 0 Å². The summed E-state index contributed by atoms with van der Waals surface area (Å²) in [6.45, 7) is 0. The van der Waals surface area contributed by atoms with Gasteiger partial charge in [-0.25, -0.2) is 14.6 Å². The van der Waals surface area contributed by atoms with Crippen molar-refractivity contribution in [1.29, 1.82) is 0 Å². The first-order chi connectivity index (χ1) is 13.7. The molecule has 1 aliphatic carbocycles. The minimum Gasteiger partial charge on any atom is -0.384 e. The van der Waals surface area contributed by atoms with Gasteiger partial charge in [-0.2, -0.15) is 0 Å². The maximum atomic E-state index is 12.3. The summed E-state index contributed by atoms with van der Waals surface area (Å²) >= 11 is 1.27. The van der Waals surface area contributed by atoms with Crippen molar-refractivity contribution in [1.82, 2.24) is 25.0 Å². The first kappa shape index (κ1) is 18.4. The van der Waals surface area contributed by atoms with Crippen LogP contribution in [-0.2, 0) is 17.4 Å². The molecule has 0 unspecified atom stereocenters. The Morgan fingerprint density at radius 2 is 2.07 bits per heavy atom. The second-order valence-electron chi connectivity index (χ2n) is 7.11. The number of aliphatic hydroxyl groups is 1. The van der Waals surface area contributed by atoms with Crippen LogP contribution in [0.25, 0.3) is 32.6 Å². The first-order valence-electron chi connectivity index (χ1n) is 8.74.